The second-order valence-electron chi connectivity index (χ2n) is 13.7. The van der Waals surface area contributed by atoms with Crippen molar-refractivity contribution in [3.8, 4) is 0 Å². The van der Waals surface area contributed by atoms with Crippen LogP contribution in [-0.4, -0.2) is 76.8 Å². The van der Waals surface area contributed by atoms with Crippen molar-refractivity contribution < 1.29 is 29.0 Å². The van der Waals surface area contributed by atoms with E-state index >= 15 is 0 Å². The van der Waals surface area contributed by atoms with Crippen molar-refractivity contribution in [2.24, 2.45) is 23.7 Å². The third-order valence-electron chi connectivity index (χ3n) is 8.35. The molecule has 0 aromatic carbocycles. The summed E-state index contributed by atoms with van der Waals surface area (Å²) in [5.74, 6) is -0.680. The van der Waals surface area contributed by atoms with Crippen LogP contribution >= 0.6 is 0 Å². The van der Waals surface area contributed by atoms with Crippen LogP contribution in [0.3, 0.4) is 0 Å². The number of nitrogens with zero attached hydrogens (tertiary/aromatic N) is 3. The first-order valence-corrected chi connectivity index (χ1v) is 15.8. The molecular weight excluding hydrogens is 534 g/mol. The minimum atomic E-state index is -1.20. The SMILES string of the molecule is CCOCC(CCCC(=O)[C@@H]1CN(C(=O)OC(C)(C)C)C[C@H](C(=O)N(c2ccc(C(C)C)cn2)C2CC2)[C@@H]1O)C(C)C. The Morgan fingerprint density at radius 2 is 1.76 bits per heavy atom. The summed E-state index contributed by atoms with van der Waals surface area (Å²) in [6.07, 6.45) is 3.45. The number of pyridine rings is 1. The number of Topliss-reactive ketones (excluding diaryl/α,β-unsaturated/α-hetero) is 1. The predicted molar refractivity (Wildman–Crippen MR) is 163 cm³/mol. The number of aromatic nitrogens is 1. The van der Waals surface area contributed by atoms with Gasteiger partial charge in [0.2, 0.25) is 5.91 Å². The fraction of sp³-hybridized carbons (Fsp3) is 0.758. The smallest absolute Gasteiger partial charge is 0.410 e. The van der Waals surface area contributed by atoms with Gasteiger partial charge in [0.05, 0.1) is 17.9 Å². The number of carbonyl (C=O) groups excluding carboxylic acids is 3. The first-order chi connectivity index (χ1) is 19.7. The molecule has 1 saturated heterocycles. The van der Waals surface area contributed by atoms with Gasteiger partial charge in [0.15, 0.2) is 0 Å². The van der Waals surface area contributed by atoms with Crippen LogP contribution in [0.25, 0.3) is 0 Å². The Kier molecular flexibility index (Phi) is 12.0. The number of amides is 2. The molecule has 4 atom stereocenters. The summed E-state index contributed by atoms with van der Waals surface area (Å²) in [5, 5.41) is 11.5. The molecule has 236 valence electrons. The van der Waals surface area contributed by atoms with Gasteiger partial charge in [-0.3, -0.25) is 14.5 Å². The van der Waals surface area contributed by atoms with E-state index in [1.807, 2.05) is 19.1 Å². The van der Waals surface area contributed by atoms with E-state index in [1.54, 1.807) is 31.9 Å². The molecule has 1 saturated carbocycles. The number of hydrogen-bond acceptors (Lipinski definition) is 7. The average Bonchev–Trinajstić information content (AvgIpc) is 3.75. The van der Waals surface area contributed by atoms with Gasteiger partial charge in [-0.2, -0.15) is 0 Å². The van der Waals surface area contributed by atoms with E-state index in [0.717, 1.165) is 24.8 Å². The van der Waals surface area contributed by atoms with Gasteiger partial charge in [-0.05, 0) is 82.8 Å². The van der Waals surface area contributed by atoms with Crippen molar-refractivity contribution in [2.45, 2.75) is 111 Å². The Hall–Kier alpha value is -2.52. The van der Waals surface area contributed by atoms with Crippen LogP contribution < -0.4 is 4.90 Å². The van der Waals surface area contributed by atoms with Crippen molar-refractivity contribution in [1.82, 2.24) is 9.88 Å². The number of rotatable bonds is 13. The zero-order valence-corrected chi connectivity index (χ0v) is 27.0. The molecule has 1 N–H and O–H groups in total. The summed E-state index contributed by atoms with van der Waals surface area (Å²) in [7, 11) is 0. The highest BCUT2D eigenvalue weighted by molar-refractivity contribution is 5.97. The van der Waals surface area contributed by atoms with Crippen molar-refractivity contribution in [3.63, 3.8) is 0 Å². The molecule has 2 amide bonds. The number of likely N-dealkylation sites (tertiary alicyclic amines) is 1. The molecule has 2 aliphatic rings. The van der Waals surface area contributed by atoms with E-state index in [-0.39, 0.29) is 37.2 Å². The zero-order chi connectivity index (χ0) is 31.2. The largest absolute Gasteiger partial charge is 0.444 e. The van der Waals surface area contributed by atoms with Crippen LogP contribution in [0.15, 0.2) is 18.3 Å². The van der Waals surface area contributed by atoms with Crippen LogP contribution in [0, 0.1) is 23.7 Å². The maximum atomic E-state index is 14.1. The fourth-order valence-corrected chi connectivity index (χ4v) is 5.51. The standard InChI is InChI=1S/C33H53N3O6/c1-9-41-20-24(22(4)5)11-10-12-28(37)26-18-35(32(40)42-33(6,7)8)19-27(30(26)38)31(39)36(25-14-15-25)29-16-13-23(17-34-29)21(2)3/h13,16-17,21-22,24-27,30,38H,9-12,14-15,18-20H2,1-8H3/t24?,26-,27-,30+/m0/s1. The molecule has 1 aromatic heterocycles. The predicted octanol–water partition coefficient (Wildman–Crippen LogP) is 5.59. The second-order valence-corrected chi connectivity index (χ2v) is 13.7. The van der Waals surface area contributed by atoms with E-state index in [1.165, 1.54) is 4.90 Å². The average molecular weight is 588 g/mol. The number of hydrogen-bond donors (Lipinski definition) is 1. The molecule has 2 heterocycles. The molecule has 42 heavy (non-hydrogen) atoms. The Labute approximate surface area is 252 Å². The van der Waals surface area contributed by atoms with Crippen LogP contribution in [0.5, 0.6) is 0 Å². The monoisotopic (exact) mass is 587 g/mol. The van der Waals surface area contributed by atoms with Gasteiger partial charge in [-0.15, -0.1) is 0 Å². The molecule has 0 spiro atoms. The van der Waals surface area contributed by atoms with E-state index in [4.69, 9.17) is 9.47 Å². The van der Waals surface area contributed by atoms with Crippen LogP contribution in [0.1, 0.15) is 99.0 Å². The minimum absolute atomic E-state index is 0.00791. The van der Waals surface area contributed by atoms with Crippen molar-refractivity contribution >= 4 is 23.6 Å². The Morgan fingerprint density at radius 1 is 1.10 bits per heavy atom. The maximum Gasteiger partial charge on any atom is 0.410 e. The van der Waals surface area contributed by atoms with Gasteiger partial charge in [0.25, 0.3) is 0 Å². The van der Waals surface area contributed by atoms with Crippen LogP contribution in [0.2, 0.25) is 0 Å². The topological polar surface area (TPSA) is 109 Å². The summed E-state index contributed by atoms with van der Waals surface area (Å²) in [5.41, 5.74) is 0.336. The lowest BCUT2D eigenvalue weighted by Crippen LogP contribution is -2.59. The summed E-state index contributed by atoms with van der Waals surface area (Å²) in [4.78, 5) is 48.6. The summed E-state index contributed by atoms with van der Waals surface area (Å²) in [6, 6.07) is 3.82. The lowest BCUT2D eigenvalue weighted by molar-refractivity contribution is -0.139. The molecule has 3 rings (SSSR count). The third-order valence-corrected chi connectivity index (χ3v) is 8.35. The van der Waals surface area contributed by atoms with Gasteiger partial charge in [-0.1, -0.05) is 33.8 Å². The minimum Gasteiger partial charge on any atom is -0.444 e. The van der Waals surface area contributed by atoms with Crippen molar-refractivity contribution in [2.75, 3.05) is 31.2 Å². The number of piperidine rings is 1. The van der Waals surface area contributed by atoms with Crippen LogP contribution in [0.4, 0.5) is 10.6 Å². The van der Waals surface area contributed by atoms with E-state index in [9.17, 15) is 19.5 Å². The van der Waals surface area contributed by atoms with Gasteiger partial charge in [0, 0.05) is 45.0 Å². The quantitative estimate of drug-likeness (QED) is 0.320. The van der Waals surface area contributed by atoms with Crippen molar-refractivity contribution in [3.05, 3.63) is 23.9 Å². The first-order valence-electron chi connectivity index (χ1n) is 15.8. The lowest BCUT2D eigenvalue weighted by atomic mass is 9.80. The number of carbonyl (C=O) groups is 3. The Balaban J connectivity index is 1.82. The summed E-state index contributed by atoms with van der Waals surface area (Å²) >= 11 is 0. The zero-order valence-electron chi connectivity index (χ0n) is 27.0. The first kappa shape index (κ1) is 34.0. The molecule has 9 nitrogen and oxygen atoms in total. The van der Waals surface area contributed by atoms with Gasteiger partial charge < -0.3 is 19.5 Å². The number of aliphatic hydroxyl groups is 1. The molecule has 1 aliphatic carbocycles. The van der Waals surface area contributed by atoms with E-state index in [0.29, 0.717) is 43.2 Å². The molecule has 9 heteroatoms. The van der Waals surface area contributed by atoms with Crippen molar-refractivity contribution in [1.29, 1.82) is 0 Å². The highest BCUT2D eigenvalue weighted by atomic mass is 16.6. The summed E-state index contributed by atoms with van der Waals surface area (Å²) in [6.45, 7) is 17.1. The number of anilines is 1. The van der Waals surface area contributed by atoms with Gasteiger partial charge in [0.1, 0.15) is 17.2 Å². The third kappa shape index (κ3) is 9.24. The van der Waals surface area contributed by atoms with E-state index in [2.05, 4.69) is 32.7 Å². The maximum absolute atomic E-state index is 14.1. The molecule has 0 radical (unpaired) electrons. The van der Waals surface area contributed by atoms with Gasteiger partial charge in [-0.25, -0.2) is 9.78 Å². The molecule has 0 bridgehead atoms. The van der Waals surface area contributed by atoms with E-state index < -0.39 is 29.6 Å². The molecule has 1 aliphatic heterocycles. The molecule has 1 unspecified atom stereocenters. The Morgan fingerprint density at radius 3 is 2.29 bits per heavy atom. The molecule has 2 fully saturated rings. The highest BCUT2D eigenvalue weighted by Crippen LogP contribution is 2.36. The number of aliphatic hydroxyl groups excluding tert-OH is 1. The lowest BCUT2D eigenvalue weighted by Gasteiger charge is -2.42. The summed E-state index contributed by atoms with van der Waals surface area (Å²) < 4.78 is 11.3. The number of ether oxygens (including phenoxy) is 2. The second kappa shape index (κ2) is 14.8. The van der Waals surface area contributed by atoms with Crippen LogP contribution in [-0.2, 0) is 19.1 Å². The highest BCUT2D eigenvalue weighted by Gasteiger charge is 2.48. The molecular formula is C33H53N3O6. The normalized spacial score (nSPS) is 21.9. The molecule has 1 aromatic rings. The Bertz CT molecular complexity index is 1050. The number of ketones is 1. The fourth-order valence-electron chi connectivity index (χ4n) is 5.51. The van der Waals surface area contributed by atoms with Gasteiger partial charge >= 0.3 is 6.09 Å².